The number of nitrogen functional groups attached to an aromatic ring is 1. The van der Waals surface area contributed by atoms with Crippen molar-refractivity contribution in [2.75, 3.05) is 22.5 Å². The molecule has 20 heavy (non-hydrogen) atoms. The molecule has 4 heteroatoms. The molecule has 0 radical (unpaired) electrons. The number of nitrogens with zero attached hydrogens (tertiary/aromatic N) is 1. The van der Waals surface area contributed by atoms with Crippen LogP contribution in [0.2, 0.25) is 0 Å². The van der Waals surface area contributed by atoms with Crippen molar-refractivity contribution in [2.24, 2.45) is 0 Å². The van der Waals surface area contributed by atoms with Crippen molar-refractivity contribution >= 4 is 23.0 Å². The van der Waals surface area contributed by atoms with E-state index in [1.54, 1.807) is 0 Å². The van der Waals surface area contributed by atoms with Gasteiger partial charge in [-0.3, -0.25) is 4.79 Å². The average molecular weight is 275 g/mol. The standard InChI is InChI=1S/C16H25N3O/c1-4-5-6-7-19(11(2)3)15-10-14-12(8-13(15)17)9-16(20)18-14/h8,10-11H,4-7,9,17H2,1-3H3,(H,18,20). The Morgan fingerprint density at radius 1 is 1.35 bits per heavy atom. The molecule has 3 N–H and O–H groups in total. The number of amides is 1. The molecule has 1 aromatic rings. The molecule has 0 bridgehead atoms. The molecule has 1 aliphatic rings. The molecule has 1 amide bonds. The Hall–Kier alpha value is -1.71. The first-order chi connectivity index (χ1) is 9.52. The third-order valence-electron chi connectivity index (χ3n) is 3.81. The minimum absolute atomic E-state index is 0.0543. The number of hydrogen-bond donors (Lipinski definition) is 2. The number of nitrogens with one attached hydrogen (secondary N) is 1. The number of nitrogens with two attached hydrogens (primary N) is 1. The van der Waals surface area contributed by atoms with E-state index in [-0.39, 0.29) is 5.91 Å². The van der Waals surface area contributed by atoms with Crippen LogP contribution >= 0.6 is 0 Å². The molecule has 4 nitrogen and oxygen atoms in total. The Bertz CT molecular complexity index is 497. The lowest BCUT2D eigenvalue weighted by molar-refractivity contribution is -0.115. The summed E-state index contributed by atoms with van der Waals surface area (Å²) in [5.74, 6) is 0.0543. The van der Waals surface area contributed by atoms with E-state index in [1.807, 2.05) is 12.1 Å². The molecule has 110 valence electrons. The van der Waals surface area contributed by atoms with Crippen molar-refractivity contribution in [1.29, 1.82) is 0 Å². The van der Waals surface area contributed by atoms with Gasteiger partial charge in [-0.2, -0.15) is 0 Å². The fourth-order valence-electron chi connectivity index (χ4n) is 2.72. The number of carbonyl (C=O) groups is 1. The number of carbonyl (C=O) groups excluding carboxylic acids is 1. The molecule has 0 spiro atoms. The van der Waals surface area contributed by atoms with Gasteiger partial charge in [-0.1, -0.05) is 19.8 Å². The molecular weight excluding hydrogens is 250 g/mol. The molecule has 0 atom stereocenters. The predicted molar refractivity (Wildman–Crippen MR) is 85.2 cm³/mol. The second-order valence-electron chi connectivity index (χ2n) is 5.79. The fourth-order valence-corrected chi connectivity index (χ4v) is 2.72. The van der Waals surface area contributed by atoms with E-state index < -0.39 is 0 Å². The number of anilines is 3. The summed E-state index contributed by atoms with van der Waals surface area (Å²) in [6.07, 6.45) is 4.04. The van der Waals surface area contributed by atoms with Gasteiger partial charge in [-0.05, 0) is 38.0 Å². The molecule has 1 heterocycles. The lowest BCUT2D eigenvalue weighted by atomic mass is 10.1. The summed E-state index contributed by atoms with van der Waals surface area (Å²) in [6.45, 7) is 7.57. The van der Waals surface area contributed by atoms with Crippen molar-refractivity contribution in [2.45, 2.75) is 52.5 Å². The van der Waals surface area contributed by atoms with Crippen LogP contribution in [-0.4, -0.2) is 18.5 Å². The molecule has 2 rings (SSSR count). The highest BCUT2D eigenvalue weighted by molar-refractivity contribution is 6.00. The second kappa shape index (κ2) is 6.16. The minimum Gasteiger partial charge on any atom is -0.397 e. The quantitative estimate of drug-likeness (QED) is 0.619. The van der Waals surface area contributed by atoms with Crippen LogP contribution in [0.1, 0.15) is 45.6 Å². The maximum absolute atomic E-state index is 11.5. The van der Waals surface area contributed by atoms with Gasteiger partial charge in [0, 0.05) is 18.3 Å². The van der Waals surface area contributed by atoms with Gasteiger partial charge in [0.1, 0.15) is 0 Å². The zero-order chi connectivity index (χ0) is 14.7. The Balaban J connectivity index is 2.25. The van der Waals surface area contributed by atoms with E-state index in [2.05, 4.69) is 31.0 Å². The maximum atomic E-state index is 11.5. The summed E-state index contributed by atoms with van der Waals surface area (Å²) in [5.41, 5.74) is 9.93. The van der Waals surface area contributed by atoms with Crippen LogP contribution < -0.4 is 16.0 Å². The highest BCUT2D eigenvalue weighted by Crippen LogP contribution is 2.34. The van der Waals surface area contributed by atoms with Crippen LogP contribution in [0.3, 0.4) is 0 Å². The van der Waals surface area contributed by atoms with Crippen molar-refractivity contribution in [3.63, 3.8) is 0 Å². The predicted octanol–water partition coefficient (Wildman–Crippen LogP) is 3.17. The summed E-state index contributed by atoms with van der Waals surface area (Å²) < 4.78 is 0. The van der Waals surface area contributed by atoms with E-state index in [4.69, 9.17) is 5.73 Å². The highest BCUT2D eigenvalue weighted by Gasteiger charge is 2.22. The van der Waals surface area contributed by atoms with Gasteiger partial charge in [0.25, 0.3) is 0 Å². The van der Waals surface area contributed by atoms with E-state index in [0.29, 0.717) is 12.5 Å². The molecule has 0 saturated heterocycles. The van der Waals surface area contributed by atoms with Crippen molar-refractivity contribution in [1.82, 2.24) is 0 Å². The van der Waals surface area contributed by atoms with Crippen LogP contribution in [0.5, 0.6) is 0 Å². The average Bonchev–Trinajstić information content (AvgIpc) is 2.73. The second-order valence-corrected chi connectivity index (χ2v) is 5.79. The van der Waals surface area contributed by atoms with Crippen LogP contribution in [0, 0.1) is 0 Å². The Morgan fingerprint density at radius 2 is 2.10 bits per heavy atom. The van der Waals surface area contributed by atoms with Gasteiger partial charge in [0.2, 0.25) is 5.91 Å². The van der Waals surface area contributed by atoms with Crippen molar-refractivity contribution < 1.29 is 4.79 Å². The lowest BCUT2D eigenvalue weighted by Crippen LogP contribution is -2.32. The third kappa shape index (κ3) is 3.06. The SMILES string of the molecule is CCCCCN(c1cc2c(cc1N)CC(=O)N2)C(C)C. The number of hydrogen-bond acceptors (Lipinski definition) is 3. The molecule has 1 aromatic carbocycles. The normalized spacial score (nSPS) is 13.5. The smallest absolute Gasteiger partial charge is 0.228 e. The Morgan fingerprint density at radius 3 is 2.75 bits per heavy atom. The first-order valence-corrected chi connectivity index (χ1v) is 7.51. The fraction of sp³-hybridized carbons (Fsp3) is 0.562. The first-order valence-electron chi connectivity index (χ1n) is 7.51. The van der Waals surface area contributed by atoms with Crippen LogP contribution in [-0.2, 0) is 11.2 Å². The molecule has 0 unspecified atom stereocenters. The summed E-state index contributed by atoms with van der Waals surface area (Å²) in [5, 5.41) is 2.90. The van der Waals surface area contributed by atoms with Gasteiger partial charge < -0.3 is 16.0 Å². The molecule has 0 fully saturated rings. The Kier molecular flexibility index (Phi) is 4.53. The number of benzene rings is 1. The summed E-state index contributed by atoms with van der Waals surface area (Å²) >= 11 is 0. The molecule has 1 aliphatic heterocycles. The minimum atomic E-state index is 0.0543. The van der Waals surface area contributed by atoms with E-state index in [9.17, 15) is 4.79 Å². The Labute approximate surface area is 121 Å². The van der Waals surface area contributed by atoms with Crippen molar-refractivity contribution in [3.8, 4) is 0 Å². The third-order valence-corrected chi connectivity index (χ3v) is 3.81. The van der Waals surface area contributed by atoms with Gasteiger partial charge in [0.05, 0.1) is 17.8 Å². The van der Waals surface area contributed by atoms with Gasteiger partial charge in [-0.25, -0.2) is 0 Å². The monoisotopic (exact) mass is 275 g/mol. The topological polar surface area (TPSA) is 58.4 Å². The van der Waals surface area contributed by atoms with Gasteiger partial charge in [-0.15, -0.1) is 0 Å². The number of fused-ring (bicyclic) bond motifs is 1. The molecule has 0 saturated carbocycles. The largest absolute Gasteiger partial charge is 0.397 e. The summed E-state index contributed by atoms with van der Waals surface area (Å²) in [7, 11) is 0. The van der Waals surface area contributed by atoms with E-state index in [1.165, 1.54) is 12.8 Å². The number of rotatable bonds is 6. The summed E-state index contributed by atoms with van der Waals surface area (Å²) in [6, 6.07) is 4.36. The zero-order valence-corrected chi connectivity index (χ0v) is 12.7. The number of unbranched alkanes of at least 4 members (excludes halogenated alkanes) is 2. The van der Waals surface area contributed by atoms with Crippen LogP contribution in [0.15, 0.2) is 12.1 Å². The maximum Gasteiger partial charge on any atom is 0.228 e. The molecule has 0 aromatic heterocycles. The highest BCUT2D eigenvalue weighted by atomic mass is 16.1. The molecule has 0 aliphatic carbocycles. The van der Waals surface area contributed by atoms with E-state index >= 15 is 0 Å². The van der Waals surface area contributed by atoms with Gasteiger partial charge >= 0.3 is 0 Å². The molecular formula is C16H25N3O. The van der Waals surface area contributed by atoms with E-state index in [0.717, 1.165) is 35.6 Å². The lowest BCUT2D eigenvalue weighted by Gasteiger charge is -2.30. The summed E-state index contributed by atoms with van der Waals surface area (Å²) in [4.78, 5) is 13.8. The van der Waals surface area contributed by atoms with Crippen LogP contribution in [0.4, 0.5) is 17.1 Å². The zero-order valence-electron chi connectivity index (χ0n) is 12.7. The van der Waals surface area contributed by atoms with Crippen LogP contribution in [0.25, 0.3) is 0 Å². The first kappa shape index (κ1) is 14.7. The van der Waals surface area contributed by atoms with Gasteiger partial charge in [0.15, 0.2) is 0 Å². The van der Waals surface area contributed by atoms with Crippen molar-refractivity contribution in [3.05, 3.63) is 17.7 Å².